The summed E-state index contributed by atoms with van der Waals surface area (Å²) in [5.74, 6) is -0.956. The molecule has 0 aromatic heterocycles. The fourth-order valence-electron chi connectivity index (χ4n) is 3.42. The van der Waals surface area contributed by atoms with Crippen molar-refractivity contribution in [2.75, 3.05) is 14.1 Å². The van der Waals surface area contributed by atoms with E-state index in [0.29, 0.717) is 6.42 Å². The predicted octanol–water partition coefficient (Wildman–Crippen LogP) is 5.28. The van der Waals surface area contributed by atoms with Crippen LogP contribution < -0.4 is 5.73 Å². The third-order valence-electron chi connectivity index (χ3n) is 5.52. The maximum Gasteiger partial charge on any atom is 0.363 e. The largest absolute Gasteiger partial charge is 0.477 e. The van der Waals surface area contributed by atoms with Crippen molar-refractivity contribution in [3.63, 3.8) is 0 Å². The number of quaternary nitrogens is 1. The Kier molecular flexibility index (Phi) is 14.4. The van der Waals surface area contributed by atoms with E-state index in [9.17, 15) is 9.90 Å². The number of guanidine groups is 1. The van der Waals surface area contributed by atoms with Crippen molar-refractivity contribution in [1.82, 2.24) is 0 Å². The second-order valence-electron chi connectivity index (χ2n) is 8.16. The summed E-state index contributed by atoms with van der Waals surface area (Å²) in [6.07, 6.45) is 18.7. The monoisotopic (exact) mass is 370 g/mol. The van der Waals surface area contributed by atoms with Crippen molar-refractivity contribution >= 4 is 11.9 Å². The van der Waals surface area contributed by atoms with Gasteiger partial charge in [0.15, 0.2) is 6.04 Å². The van der Waals surface area contributed by atoms with Crippen molar-refractivity contribution < 1.29 is 14.4 Å². The van der Waals surface area contributed by atoms with Gasteiger partial charge in [-0.05, 0) is 6.42 Å². The van der Waals surface area contributed by atoms with E-state index in [1.807, 2.05) is 0 Å². The number of aliphatic carboxylic acids is 1. The average molecular weight is 371 g/mol. The van der Waals surface area contributed by atoms with Crippen molar-refractivity contribution in [3.8, 4) is 0 Å². The molecule has 1 atom stereocenters. The zero-order valence-corrected chi connectivity index (χ0v) is 17.6. The highest BCUT2D eigenvalue weighted by Gasteiger charge is 2.37. The smallest absolute Gasteiger partial charge is 0.363 e. The quantitative estimate of drug-likeness (QED) is 0.141. The molecular weight excluding hydrogens is 326 g/mol. The third kappa shape index (κ3) is 11.5. The zero-order valence-electron chi connectivity index (χ0n) is 17.6. The van der Waals surface area contributed by atoms with Crippen molar-refractivity contribution in [1.29, 1.82) is 5.41 Å². The number of nitrogens with zero attached hydrogens (tertiary/aromatic N) is 1. The van der Waals surface area contributed by atoms with Crippen LogP contribution in [0.5, 0.6) is 0 Å². The topological polar surface area (TPSA) is 87.2 Å². The Hall–Kier alpha value is -1.10. The summed E-state index contributed by atoms with van der Waals surface area (Å²) in [6.45, 7) is 2.26. The molecule has 26 heavy (non-hydrogen) atoms. The van der Waals surface area contributed by atoms with E-state index in [0.717, 1.165) is 12.8 Å². The Morgan fingerprint density at radius 2 is 1.19 bits per heavy atom. The number of hydrogen-bond donors (Lipinski definition) is 3. The number of unbranched alkanes of at least 4 members (excludes halogenated alkanes) is 13. The molecular formula is C21H44N3O2+. The van der Waals surface area contributed by atoms with Crippen LogP contribution in [0.4, 0.5) is 0 Å². The first-order valence-electron chi connectivity index (χ1n) is 10.7. The molecule has 5 heteroatoms. The molecule has 0 aliphatic carbocycles. The molecule has 0 aliphatic heterocycles. The fraction of sp³-hybridized carbons (Fsp3) is 0.905. The van der Waals surface area contributed by atoms with E-state index in [1.54, 1.807) is 14.1 Å². The second-order valence-corrected chi connectivity index (χ2v) is 8.16. The average Bonchev–Trinajstić information content (AvgIpc) is 2.57. The van der Waals surface area contributed by atoms with Gasteiger partial charge in [0.05, 0.1) is 14.1 Å². The molecule has 0 bridgehead atoms. The SMILES string of the molecule is CCCCCCCCCCCCCCCCC(C(=O)O)[N+](C)(C)C(=N)N. The summed E-state index contributed by atoms with van der Waals surface area (Å²) < 4.78 is -0.0617. The minimum Gasteiger partial charge on any atom is -0.477 e. The minimum absolute atomic E-state index is 0.0617. The molecule has 0 saturated heterocycles. The van der Waals surface area contributed by atoms with Gasteiger partial charge in [-0.2, -0.15) is 0 Å². The lowest BCUT2D eigenvalue weighted by Gasteiger charge is -2.32. The van der Waals surface area contributed by atoms with Crippen LogP contribution in [-0.4, -0.2) is 41.7 Å². The number of hydrogen-bond acceptors (Lipinski definition) is 2. The van der Waals surface area contributed by atoms with E-state index < -0.39 is 12.0 Å². The first kappa shape index (κ1) is 24.9. The number of carbonyl (C=O) groups is 1. The summed E-state index contributed by atoms with van der Waals surface area (Å²) in [5, 5.41) is 17.0. The van der Waals surface area contributed by atoms with Crippen LogP contribution in [0.3, 0.4) is 0 Å². The second kappa shape index (κ2) is 15.0. The van der Waals surface area contributed by atoms with Crippen LogP contribution in [0.15, 0.2) is 0 Å². The molecule has 0 heterocycles. The Bertz CT molecular complexity index is 383. The van der Waals surface area contributed by atoms with Gasteiger partial charge in [-0.15, -0.1) is 0 Å². The van der Waals surface area contributed by atoms with Gasteiger partial charge in [0.25, 0.3) is 5.96 Å². The van der Waals surface area contributed by atoms with Gasteiger partial charge in [-0.3, -0.25) is 4.48 Å². The number of likely N-dealkylation sites (N-methyl/N-ethyl adjacent to an activating group) is 1. The van der Waals surface area contributed by atoms with Gasteiger partial charge in [-0.1, -0.05) is 90.4 Å². The molecule has 0 saturated carbocycles. The van der Waals surface area contributed by atoms with Crippen LogP contribution in [0.1, 0.15) is 103 Å². The van der Waals surface area contributed by atoms with E-state index in [2.05, 4.69) is 6.92 Å². The molecule has 0 rings (SSSR count). The van der Waals surface area contributed by atoms with E-state index >= 15 is 0 Å². The van der Waals surface area contributed by atoms with E-state index in [1.165, 1.54) is 77.0 Å². The predicted molar refractivity (Wildman–Crippen MR) is 110 cm³/mol. The van der Waals surface area contributed by atoms with E-state index in [4.69, 9.17) is 11.1 Å². The highest BCUT2D eigenvalue weighted by molar-refractivity contribution is 5.76. The molecule has 4 N–H and O–H groups in total. The van der Waals surface area contributed by atoms with E-state index in [-0.39, 0.29) is 10.4 Å². The van der Waals surface area contributed by atoms with Gasteiger partial charge in [0.2, 0.25) is 0 Å². The Morgan fingerprint density at radius 3 is 1.50 bits per heavy atom. The van der Waals surface area contributed by atoms with Crippen LogP contribution in [0, 0.1) is 5.41 Å². The van der Waals surface area contributed by atoms with Crippen LogP contribution in [-0.2, 0) is 4.79 Å². The molecule has 1 unspecified atom stereocenters. The maximum atomic E-state index is 11.4. The Morgan fingerprint density at radius 1 is 0.846 bits per heavy atom. The minimum atomic E-state index is -0.861. The Balaban J connectivity index is 3.57. The molecule has 0 aromatic carbocycles. The molecule has 0 fully saturated rings. The van der Waals surface area contributed by atoms with Crippen LogP contribution in [0.25, 0.3) is 0 Å². The first-order chi connectivity index (χ1) is 12.3. The maximum absolute atomic E-state index is 11.4. The number of carboxylic acids is 1. The molecule has 154 valence electrons. The molecule has 0 aromatic rings. The lowest BCUT2D eigenvalue weighted by Crippen LogP contribution is -2.59. The summed E-state index contributed by atoms with van der Waals surface area (Å²) in [4.78, 5) is 11.4. The first-order valence-corrected chi connectivity index (χ1v) is 10.7. The Labute approximate surface area is 161 Å². The van der Waals surface area contributed by atoms with Gasteiger partial charge in [0.1, 0.15) is 0 Å². The van der Waals surface area contributed by atoms with Crippen LogP contribution >= 0.6 is 0 Å². The number of nitrogens with one attached hydrogen (secondary N) is 1. The summed E-state index contributed by atoms with van der Waals surface area (Å²) in [5.41, 5.74) is 5.55. The zero-order chi connectivity index (χ0) is 19.8. The van der Waals surface area contributed by atoms with Crippen molar-refractivity contribution in [3.05, 3.63) is 0 Å². The van der Waals surface area contributed by atoms with Gasteiger partial charge >= 0.3 is 5.97 Å². The summed E-state index contributed by atoms with van der Waals surface area (Å²) in [7, 11) is 3.40. The van der Waals surface area contributed by atoms with Crippen LogP contribution in [0.2, 0.25) is 0 Å². The normalized spacial score (nSPS) is 12.9. The lowest BCUT2D eigenvalue weighted by molar-refractivity contribution is -0.820. The van der Waals surface area contributed by atoms with Crippen molar-refractivity contribution in [2.45, 2.75) is 109 Å². The van der Waals surface area contributed by atoms with Gasteiger partial charge in [0, 0.05) is 6.42 Å². The standard InChI is InChI=1S/C21H43N3O2/c1-4-5-6-7-8-9-10-11-12-13-14-15-16-17-18-19(20(25)26)24(2,3)21(22)23/h19H,4-18H2,1-3H3,(H3-,22,23,25,26)/p+1. The highest BCUT2D eigenvalue weighted by Crippen LogP contribution is 2.17. The summed E-state index contributed by atoms with van der Waals surface area (Å²) >= 11 is 0. The number of carboxylic acid groups (broad SMARTS) is 1. The number of rotatable bonds is 17. The lowest BCUT2D eigenvalue weighted by atomic mass is 10.0. The van der Waals surface area contributed by atoms with Gasteiger partial charge in [-0.25, -0.2) is 10.2 Å². The number of nitrogens with two attached hydrogens (primary N) is 1. The van der Waals surface area contributed by atoms with Gasteiger partial charge < -0.3 is 10.8 Å². The molecule has 5 nitrogen and oxygen atoms in total. The molecule has 0 radical (unpaired) electrons. The summed E-state index contributed by atoms with van der Waals surface area (Å²) in [6, 6.07) is -0.621. The highest BCUT2D eigenvalue weighted by atomic mass is 16.4. The van der Waals surface area contributed by atoms with Crippen molar-refractivity contribution in [2.24, 2.45) is 5.73 Å². The third-order valence-corrected chi connectivity index (χ3v) is 5.52. The molecule has 0 spiro atoms. The molecule has 0 amide bonds. The molecule has 0 aliphatic rings. The fourth-order valence-corrected chi connectivity index (χ4v) is 3.42.